The zero-order valence-corrected chi connectivity index (χ0v) is 20.6. The molecule has 2 aromatic carbocycles. The molecule has 2 aromatic heterocycles. The van der Waals surface area contributed by atoms with Crippen molar-refractivity contribution in [3.8, 4) is 11.5 Å². The highest BCUT2D eigenvalue weighted by Gasteiger charge is 2.22. The van der Waals surface area contributed by atoms with Gasteiger partial charge in [-0.15, -0.1) is 0 Å². The summed E-state index contributed by atoms with van der Waals surface area (Å²) in [5.41, 5.74) is 2.64. The number of nitrogens with one attached hydrogen (secondary N) is 1. The van der Waals surface area contributed by atoms with Crippen molar-refractivity contribution >= 4 is 44.2 Å². The molecule has 0 aliphatic carbocycles. The van der Waals surface area contributed by atoms with E-state index in [4.69, 9.17) is 21.1 Å². The van der Waals surface area contributed by atoms with Crippen LogP contribution in [0.15, 0.2) is 59.9 Å². The SMILES string of the molecule is Cc1c(Cl)cccc1S(=O)(=O)Nc1nc2ncncc2cc1OCc1ccc2c(c1)N(C)CCO2. The van der Waals surface area contributed by atoms with Crippen LogP contribution in [0.4, 0.5) is 11.5 Å². The Labute approximate surface area is 207 Å². The lowest BCUT2D eigenvalue weighted by atomic mass is 10.1. The van der Waals surface area contributed by atoms with Crippen LogP contribution in [-0.4, -0.2) is 43.6 Å². The maximum Gasteiger partial charge on any atom is 0.263 e. The average Bonchev–Trinajstić information content (AvgIpc) is 2.84. The van der Waals surface area contributed by atoms with E-state index in [9.17, 15) is 8.42 Å². The molecule has 0 spiro atoms. The smallest absolute Gasteiger partial charge is 0.263 e. The van der Waals surface area contributed by atoms with Crippen molar-refractivity contribution in [2.75, 3.05) is 29.8 Å². The molecule has 5 rings (SSSR count). The molecule has 0 bridgehead atoms. The number of nitrogens with zero attached hydrogens (tertiary/aromatic N) is 4. The maximum atomic E-state index is 13.2. The third-order valence-corrected chi connectivity index (χ3v) is 7.60. The molecule has 0 saturated carbocycles. The first-order chi connectivity index (χ1) is 16.8. The molecule has 9 nitrogen and oxygen atoms in total. The van der Waals surface area contributed by atoms with Crippen molar-refractivity contribution in [2.24, 2.45) is 0 Å². The van der Waals surface area contributed by atoms with Gasteiger partial charge in [-0.1, -0.05) is 23.7 Å². The van der Waals surface area contributed by atoms with Gasteiger partial charge in [0.05, 0.1) is 17.1 Å². The van der Waals surface area contributed by atoms with Crippen LogP contribution in [-0.2, 0) is 16.6 Å². The first kappa shape index (κ1) is 23.1. The molecule has 11 heteroatoms. The highest BCUT2D eigenvalue weighted by Crippen LogP contribution is 2.34. The van der Waals surface area contributed by atoms with Gasteiger partial charge in [0, 0.05) is 23.7 Å². The highest BCUT2D eigenvalue weighted by atomic mass is 35.5. The Balaban J connectivity index is 1.48. The average molecular weight is 512 g/mol. The van der Waals surface area contributed by atoms with Gasteiger partial charge in [0.25, 0.3) is 10.0 Å². The quantitative estimate of drug-likeness (QED) is 0.410. The lowest BCUT2D eigenvalue weighted by molar-refractivity contribution is 0.302. The molecule has 0 radical (unpaired) electrons. The molecule has 0 atom stereocenters. The largest absolute Gasteiger partial charge is 0.490 e. The van der Waals surface area contributed by atoms with E-state index in [-0.39, 0.29) is 23.1 Å². The zero-order chi connectivity index (χ0) is 24.6. The molecule has 1 aliphatic heterocycles. The first-order valence-electron chi connectivity index (χ1n) is 10.8. The van der Waals surface area contributed by atoms with Gasteiger partial charge < -0.3 is 14.4 Å². The number of hydrogen-bond acceptors (Lipinski definition) is 8. The van der Waals surface area contributed by atoms with E-state index in [1.807, 2.05) is 25.2 Å². The summed E-state index contributed by atoms with van der Waals surface area (Å²) in [6.45, 7) is 3.26. The lowest BCUT2D eigenvalue weighted by Crippen LogP contribution is -2.28. The van der Waals surface area contributed by atoms with Crippen LogP contribution in [0, 0.1) is 6.92 Å². The van der Waals surface area contributed by atoms with Gasteiger partial charge in [0.2, 0.25) is 0 Å². The second kappa shape index (κ2) is 9.20. The summed E-state index contributed by atoms with van der Waals surface area (Å²) in [4.78, 5) is 14.7. The topological polar surface area (TPSA) is 107 Å². The van der Waals surface area contributed by atoms with Gasteiger partial charge in [-0.2, -0.15) is 0 Å². The molecule has 4 aromatic rings. The summed E-state index contributed by atoms with van der Waals surface area (Å²) in [6, 6.07) is 12.2. The van der Waals surface area contributed by atoms with Crippen molar-refractivity contribution < 1.29 is 17.9 Å². The van der Waals surface area contributed by atoms with Crippen LogP contribution in [0.1, 0.15) is 11.1 Å². The molecule has 0 amide bonds. The number of sulfonamides is 1. The van der Waals surface area contributed by atoms with E-state index < -0.39 is 10.0 Å². The van der Waals surface area contributed by atoms with E-state index in [0.29, 0.717) is 28.2 Å². The number of anilines is 2. The fourth-order valence-corrected chi connectivity index (χ4v) is 5.30. The second-order valence-electron chi connectivity index (χ2n) is 8.10. The molecular formula is C24H22ClN5O4S. The number of halogens is 1. The van der Waals surface area contributed by atoms with Crippen LogP contribution in [0.5, 0.6) is 11.5 Å². The molecule has 1 aliphatic rings. The number of fused-ring (bicyclic) bond motifs is 2. The van der Waals surface area contributed by atoms with Gasteiger partial charge in [-0.3, -0.25) is 4.72 Å². The zero-order valence-electron chi connectivity index (χ0n) is 19.0. The van der Waals surface area contributed by atoms with Crippen LogP contribution in [0.25, 0.3) is 11.0 Å². The minimum absolute atomic E-state index is 0.0222. The summed E-state index contributed by atoms with van der Waals surface area (Å²) in [5.74, 6) is 1.09. The van der Waals surface area contributed by atoms with Gasteiger partial charge in [-0.25, -0.2) is 23.4 Å². The van der Waals surface area contributed by atoms with Gasteiger partial charge in [-0.05, 0) is 48.4 Å². The summed E-state index contributed by atoms with van der Waals surface area (Å²) in [6.07, 6.45) is 2.94. The third kappa shape index (κ3) is 4.67. The Morgan fingerprint density at radius 3 is 2.94 bits per heavy atom. The summed E-state index contributed by atoms with van der Waals surface area (Å²) >= 11 is 6.15. The fourth-order valence-electron chi connectivity index (χ4n) is 3.79. The van der Waals surface area contributed by atoms with E-state index in [2.05, 4.69) is 24.6 Å². The number of hydrogen-bond donors (Lipinski definition) is 1. The van der Waals surface area contributed by atoms with Crippen LogP contribution in [0.2, 0.25) is 5.02 Å². The van der Waals surface area contributed by atoms with Gasteiger partial charge in [0.15, 0.2) is 17.2 Å². The summed E-state index contributed by atoms with van der Waals surface area (Å²) in [5, 5.41) is 0.966. The van der Waals surface area contributed by atoms with Crippen molar-refractivity contribution in [2.45, 2.75) is 18.4 Å². The number of aromatic nitrogens is 3. The Morgan fingerprint density at radius 2 is 2.09 bits per heavy atom. The number of rotatable bonds is 6. The minimum atomic E-state index is -4.00. The minimum Gasteiger partial charge on any atom is -0.490 e. The second-order valence-corrected chi connectivity index (χ2v) is 10.2. The van der Waals surface area contributed by atoms with Crippen LogP contribution < -0.4 is 19.1 Å². The van der Waals surface area contributed by atoms with E-state index >= 15 is 0 Å². The third-order valence-electron chi connectivity index (χ3n) is 5.71. The molecule has 3 heterocycles. The Morgan fingerprint density at radius 1 is 1.23 bits per heavy atom. The number of ether oxygens (including phenoxy) is 2. The normalized spacial score (nSPS) is 13.3. The van der Waals surface area contributed by atoms with E-state index in [1.165, 1.54) is 12.4 Å². The highest BCUT2D eigenvalue weighted by molar-refractivity contribution is 7.92. The fraction of sp³-hybridized carbons (Fsp3) is 0.208. The predicted octanol–water partition coefficient (Wildman–Crippen LogP) is 4.20. The number of benzene rings is 2. The Hall–Kier alpha value is -3.63. The number of pyridine rings is 1. The molecular weight excluding hydrogens is 490 g/mol. The van der Waals surface area contributed by atoms with Crippen molar-refractivity contribution in [1.82, 2.24) is 15.0 Å². The Kier molecular flexibility index (Phi) is 6.08. The maximum absolute atomic E-state index is 13.2. The molecule has 180 valence electrons. The summed E-state index contributed by atoms with van der Waals surface area (Å²) < 4.78 is 40.7. The Bertz CT molecular complexity index is 1530. The standard InChI is InChI=1S/C24H22ClN5O4S/c1-15-18(25)4-3-5-22(15)35(31,32)29-24-21(11-17-12-26-14-27-23(17)28-24)34-13-16-6-7-20-19(10-16)30(2)8-9-33-20/h3-7,10-12,14H,8-9,13H2,1-2H3,(H,26,27,28,29). The van der Waals surface area contributed by atoms with Gasteiger partial charge >= 0.3 is 0 Å². The lowest BCUT2D eigenvalue weighted by Gasteiger charge is -2.28. The molecule has 1 N–H and O–H groups in total. The van der Waals surface area contributed by atoms with Crippen molar-refractivity contribution in [3.05, 3.63) is 71.1 Å². The number of likely N-dealkylation sites (N-methyl/N-ethyl adjacent to an activating group) is 1. The van der Waals surface area contributed by atoms with Crippen molar-refractivity contribution in [3.63, 3.8) is 0 Å². The molecule has 0 saturated heterocycles. The van der Waals surface area contributed by atoms with Crippen LogP contribution in [0.3, 0.4) is 0 Å². The van der Waals surface area contributed by atoms with Gasteiger partial charge in [0.1, 0.15) is 25.3 Å². The van der Waals surface area contributed by atoms with E-state index in [0.717, 1.165) is 23.5 Å². The first-order valence-corrected chi connectivity index (χ1v) is 12.7. The predicted molar refractivity (Wildman–Crippen MR) is 134 cm³/mol. The molecule has 0 unspecified atom stereocenters. The van der Waals surface area contributed by atoms with Crippen molar-refractivity contribution in [1.29, 1.82) is 0 Å². The molecule has 35 heavy (non-hydrogen) atoms. The van der Waals surface area contributed by atoms with E-state index in [1.54, 1.807) is 31.3 Å². The molecule has 0 fully saturated rings. The summed E-state index contributed by atoms with van der Waals surface area (Å²) in [7, 11) is -2.00. The monoisotopic (exact) mass is 511 g/mol. The van der Waals surface area contributed by atoms with Crippen LogP contribution >= 0.6 is 11.6 Å².